The number of hydrogen-bond donors (Lipinski definition) is 2. The van der Waals surface area contributed by atoms with Gasteiger partial charge in [0.05, 0.1) is 6.61 Å². The van der Waals surface area contributed by atoms with Crippen molar-refractivity contribution >= 4 is 5.96 Å². The van der Waals surface area contributed by atoms with E-state index in [9.17, 15) is 0 Å². The van der Waals surface area contributed by atoms with Crippen molar-refractivity contribution in [1.29, 1.82) is 0 Å². The van der Waals surface area contributed by atoms with E-state index in [1.165, 1.54) is 5.56 Å². The number of rotatable bonds is 6. The molecule has 0 radical (unpaired) electrons. The summed E-state index contributed by atoms with van der Waals surface area (Å²) in [4.78, 5) is 4.14. The number of aryl methyl sites for hydroxylation is 1. The molecule has 0 atom stereocenters. The monoisotopic (exact) mass is 261 g/mol. The average Bonchev–Trinajstić information content (AvgIpc) is 2.41. The molecular weight excluding hydrogens is 238 g/mol. The standard InChI is InChI=1S/C15H23N3O/c1-5-9-17-15(16-4)18-11-13-8-7-12(3)10-14(13)19-6-2/h5,7-8,10H,1,6,9,11H2,2-4H3,(H2,16,17,18). The van der Waals surface area contributed by atoms with E-state index < -0.39 is 0 Å². The average molecular weight is 261 g/mol. The van der Waals surface area contributed by atoms with Crippen LogP contribution in [0.4, 0.5) is 0 Å². The summed E-state index contributed by atoms with van der Waals surface area (Å²) in [6.07, 6.45) is 1.80. The molecule has 0 aliphatic heterocycles. The van der Waals surface area contributed by atoms with Gasteiger partial charge in [-0.25, -0.2) is 0 Å². The van der Waals surface area contributed by atoms with E-state index >= 15 is 0 Å². The third kappa shape index (κ3) is 5.04. The largest absolute Gasteiger partial charge is 0.494 e. The Morgan fingerprint density at radius 3 is 2.84 bits per heavy atom. The predicted octanol–water partition coefficient (Wildman–Crippen LogP) is 2.24. The van der Waals surface area contributed by atoms with Gasteiger partial charge < -0.3 is 15.4 Å². The van der Waals surface area contributed by atoms with Gasteiger partial charge >= 0.3 is 0 Å². The number of hydrogen-bond acceptors (Lipinski definition) is 2. The fraction of sp³-hybridized carbons (Fsp3) is 0.400. The summed E-state index contributed by atoms with van der Waals surface area (Å²) in [7, 11) is 1.75. The van der Waals surface area contributed by atoms with Crippen LogP contribution in [0.25, 0.3) is 0 Å². The van der Waals surface area contributed by atoms with Gasteiger partial charge in [0.1, 0.15) is 5.75 Å². The lowest BCUT2D eigenvalue weighted by atomic mass is 10.1. The van der Waals surface area contributed by atoms with E-state index in [1.54, 1.807) is 13.1 Å². The normalized spacial score (nSPS) is 11.0. The fourth-order valence-electron chi connectivity index (χ4n) is 1.67. The van der Waals surface area contributed by atoms with E-state index in [4.69, 9.17) is 4.74 Å². The highest BCUT2D eigenvalue weighted by atomic mass is 16.5. The van der Waals surface area contributed by atoms with Crippen LogP contribution in [-0.2, 0) is 6.54 Å². The summed E-state index contributed by atoms with van der Waals surface area (Å²) >= 11 is 0. The van der Waals surface area contributed by atoms with Crippen molar-refractivity contribution in [2.75, 3.05) is 20.2 Å². The molecular formula is C15H23N3O. The molecule has 0 saturated heterocycles. The maximum atomic E-state index is 5.65. The first kappa shape index (κ1) is 15.1. The van der Waals surface area contributed by atoms with Crippen molar-refractivity contribution in [2.24, 2.45) is 4.99 Å². The lowest BCUT2D eigenvalue weighted by molar-refractivity contribution is 0.336. The lowest BCUT2D eigenvalue weighted by Crippen LogP contribution is -2.36. The highest BCUT2D eigenvalue weighted by molar-refractivity contribution is 5.79. The lowest BCUT2D eigenvalue weighted by Gasteiger charge is -2.14. The van der Waals surface area contributed by atoms with Crippen LogP contribution < -0.4 is 15.4 Å². The van der Waals surface area contributed by atoms with E-state index in [1.807, 2.05) is 6.92 Å². The van der Waals surface area contributed by atoms with E-state index in [-0.39, 0.29) is 0 Å². The first-order valence-corrected chi connectivity index (χ1v) is 6.49. The summed E-state index contributed by atoms with van der Waals surface area (Å²) < 4.78 is 5.65. The van der Waals surface area contributed by atoms with Gasteiger partial charge in [0.15, 0.2) is 5.96 Å². The molecule has 0 heterocycles. The topological polar surface area (TPSA) is 45.7 Å². The molecule has 0 bridgehead atoms. The van der Waals surface area contributed by atoms with Crippen LogP contribution in [-0.4, -0.2) is 26.2 Å². The third-order valence-electron chi connectivity index (χ3n) is 2.61. The highest BCUT2D eigenvalue weighted by Crippen LogP contribution is 2.20. The van der Waals surface area contributed by atoms with Crippen molar-refractivity contribution < 1.29 is 4.74 Å². The van der Waals surface area contributed by atoms with Crippen molar-refractivity contribution in [3.8, 4) is 5.75 Å². The molecule has 0 spiro atoms. The van der Waals surface area contributed by atoms with Crippen molar-refractivity contribution in [1.82, 2.24) is 10.6 Å². The SMILES string of the molecule is C=CCNC(=NC)NCc1ccc(C)cc1OCC. The zero-order valence-electron chi connectivity index (χ0n) is 12.0. The van der Waals surface area contributed by atoms with Crippen LogP contribution in [0.15, 0.2) is 35.8 Å². The van der Waals surface area contributed by atoms with Crippen LogP contribution in [0.5, 0.6) is 5.75 Å². The first-order chi connectivity index (χ1) is 9.21. The summed E-state index contributed by atoms with van der Waals surface area (Å²) in [5, 5.41) is 6.38. The summed E-state index contributed by atoms with van der Waals surface area (Å²) in [5.74, 6) is 1.68. The van der Waals surface area contributed by atoms with E-state index in [2.05, 4.69) is 47.3 Å². The summed E-state index contributed by atoms with van der Waals surface area (Å²) in [6, 6.07) is 6.22. The maximum Gasteiger partial charge on any atom is 0.191 e. The second-order valence-corrected chi connectivity index (χ2v) is 4.14. The molecule has 0 aliphatic rings. The van der Waals surface area contributed by atoms with Crippen LogP contribution >= 0.6 is 0 Å². The molecule has 0 amide bonds. The van der Waals surface area contributed by atoms with Crippen LogP contribution in [0.1, 0.15) is 18.1 Å². The molecule has 104 valence electrons. The van der Waals surface area contributed by atoms with Crippen LogP contribution in [0, 0.1) is 6.92 Å². The second-order valence-electron chi connectivity index (χ2n) is 4.14. The van der Waals surface area contributed by atoms with Crippen molar-refractivity contribution in [3.63, 3.8) is 0 Å². The molecule has 1 rings (SSSR count). The van der Waals surface area contributed by atoms with Gasteiger partial charge in [-0.15, -0.1) is 6.58 Å². The molecule has 4 nitrogen and oxygen atoms in total. The Labute approximate surface area is 115 Å². The zero-order valence-corrected chi connectivity index (χ0v) is 12.0. The van der Waals surface area contributed by atoms with Crippen LogP contribution in [0.3, 0.4) is 0 Å². The number of nitrogens with one attached hydrogen (secondary N) is 2. The van der Waals surface area contributed by atoms with Gasteiger partial charge in [0.25, 0.3) is 0 Å². The Kier molecular flexibility index (Phi) is 6.50. The first-order valence-electron chi connectivity index (χ1n) is 6.49. The minimum absolute atomic E-state index is 0.667. The molecule has 0 aliphatic carbocycles. The number of ether oxygens (including phenoxy) is 1. The Morgan fingerprint density at radius 1 is 1.42 bits per heavy atom. The molecule has 0 unspecified atom stereocenters. The minimum atomic E-state index is 0.667. The van der Waals surface area contributed by atoms with Crippen molar-refractivity contribution in [2.45, 2.75) is 20.4 Å². The predicted molar refractivity (Wildman–Crippen MR) is 80.7 cm³/mol. The van der Waals surface area contributed by atoms with Gasteiger partial charge in [-0.1, -0.05) is 18.2 Å². The summed E-state index contributed by atoms with van der Waals surface area (Å²) in [5.41, 5.74) is 2.32. The van der Waals surface area contributed by atoms with Gasteiger partial charge in [-0.3, -0.25) is 4.99 Å². The Bertz CT molecular complexity index is 441. The molecule has 0 fully saturated rings. The highest BCUT2D eigenvalue weighted by Gasteiger charge is 2.04. The smallest absolute Gasteiger partial charge is 0.191 e. The molecule has 4 heteroatoms. The summed E-state index contributed by atoms with van der Waals surface area (Å²) in [6.45, 7) is 9.74. The number of aliphatic imine (C=N–C) groups is 1. The van der Waals surface area contributed by atoms with Gasteiger partial charge in [-0.2, -0.15) is 0 Å². The molecule has 1 aromatic carbocycles. The fourth-order valence-corrected chi connectivity index (χ4v) is 1.67. The molecule has 1 aromatic rings. The van der Waals surface area contributed by atoms with Crippen LogP contribution in [0.2, 0.25) is 0 Å². The molecule has 19 heavy (non-hydrogen) atoms. The molecule has 2 N–H and O–H groups in total. The number of guanidine groups is 1. The Morgan fingerprint density at radius 2 is 2.21 bits per heavy atom. The zero-order chi connectivity index (χ0) is 14.1. The Balaban J connectivity index is 2.68. The second kappa shape index (κ2) is 8.19. The molecule has 0 saturated carbocycles. The van der Waals surface area contributed by atoms with Gasteiger partial charge in [0.2, 0.25) is 0 Å². The number of nitrogens with zero attached hydrogens (tertiary/aromatic N) is 1. The minimum Gasteiger partial charge on any atom is -0.494 e. The van der Waals surface area contributed by atoms with Gasteiger partial charge in [-0.05, 0) is 25.5 Å². The van der Waals surface area contributed by atoms with E-state index in [0.29, 0.717) is 19.7 Å². The van der Waals surface area contributed by atoms with Crippen molar-refractivity contribution in [3.05, 3.63) is 42.0 Å². The third-order valence-corrected chi connectivity index (χ3v) is 2.61. The maximum absolute atomic E-state index is 5.65. The molecule has 0 aromatic heterocycles. The quantitative estimate of drug-likeness (QED) is 0.469. The van der Waals surface area contributed by atoms with E-state index in [0.717, 1.165) is 17.3 Å². The number of benzene rings is 1. The Hall–Kier alpha value is -1.97. The van der Waals surface area contributed by atoms with Gasteiger partial charge in [0, 0.05) is 25.7 Å².